The summed E-state index contributed by atoms with van der Waals surface area (Å²) in [5.74, 6) is 1.04. The highest BCUT2D eigenvalue weighted by Gasteiger charge is 2.27. The summed E-state index contributed by atoms with van der Waals surface area (Å²) < 4.78 is 0. The predicted molar refractivity (Wildman–Crippen MR) is 112 cm³/mol. The van der Waals surface area contributed by atoms with Gasteiger partial charge in [-0.3, -0.25) is 15.6 Å². The van der Waals surface area contributed by atoms with Gasteiger partial charge in [-0.2, -0.15) is 11.3 Å². The SMILES string of the molecule is Cc1nc(-c2ccsc2)sc1C(=O)NNC(=S)N[C@@H]1CCC[C@H](C)[C@@H]1C. The maximum absolute atomic E-state index is 12.5. The number of thiocarbonyl (C=S) groups is 1. The van der Waals surface area contributed by atoms with Crippen LogP contribution in [0.1, 0.15) is 48.5 Å². The van der Waals surface area contributed by atoms with Gasteiger partial charge in [0.15, 0.2) is 5.11 Å². The molecule has 1 fully saturated rings. The lowest BCUT2D eigenvalue weighted by Gasteiger charge is -2.35. The molecule has 0 spiro atoms. The van der Waals surface area contributed by atoms with Gasteiger partial charge >= 0.3 is 0 Å². The van der Waals surface area contributed by atoms with Gasteiger partial charge in [0.05, 0.1) is 5.69 Å². The van der Waals surface area contributed by atoms with Crippen LogP contribution < -0.4 is 16.2 Å². The Morgan fingerprint density at radius 3 is 2.85 bits per heavy atom. The van der Waals surface area contributed by atoms with E-state index in [2.05, 4.69) is 35.0 Å². The van der Waals surface area contributed by atoms with Gasteiger partial charge in [-0.15, -0.1) is 11.3 Å². The van der Waals surface area contributed by atoms with Crippen molar-refractivity contribution < 1.29 is 4.79 Å². The second kappa shape index (κ2) is 8.45. The van der Waals surface area contributed by atoms with Gasteiger partial charge in [-0.1, -0.05) is 26.7 Å². The second-order valence-electron chi connectivity index (χ2n) is 6.87. The third kappa shape index (κ3) is 4.42. The highest BCUT2D eigenvalue weighted by Crippen LogP contribution is 2.30. The first-order chi connectivity index (χ1) is 12.5. The molecule has 26 heavy (non-hydrogen) atoms. The van der Waals surface area contributed by atoms with Crippen LogP contribution in [0, 0.1) is 18.8 Å². The third-order valence-corrected chi connectivity index (χ3v) is 7.19. The normalized spacial score (nSPS) is 22.7. The van der Waals surface area contributed by atoms with Crippen molar-refractivity contribution >= 4 is 45.9 Å². The molecule has 2 aromatic heterocycles. The van der Waals surface area contributed by atoms with Gasteiger partial charge in [0, 0.05) is 17.0 Å². The first kappa shape index (κ1) is 19.3. The predicted octanol–water partition coefficient (Wildman–Crippen LogP) is 4.11. The molecular weight excluding hydrogens is 384 g/mol. The minimum Gasteiger partial charge on any atom is -0.358 e. The molecule has 8 heteroatoms. The van der Waals surface area contributed by atoms with Crippen LogP contribution in [0.4, 0.5) is 0 Å². The molecule has 1 aliphatic carbocycles. The summed E-state index contributed by atoms with van der Waals surface area (Å²) in [6.07, 6.45) is 3.59. The molecule has 0 radical (unpaired) electrons. The van der Waals surface area contributed by atoms with Crippen molar-refractivity contribution in [3.63, 3.8) is 0 Å². The maximum Gasteiger partial charge on any atom is 0.281 e. The van der Waals surface area contributed by atoms with E-state index in [1.54, 1.807) is 11.3 Å². The lowest BCUT2D eigenvalue weighted by molar-refractivity contribution is 0.0946. The van der Waals surface area contributed by atoms with Crippen LogP contribution in [0.3, 0.4) is 0 Å². The number of hydrazine groups is 1. The van der Waals surface area contributed by atoms with E-state index in [1.165, 1.54) is 24.2 Å². The number of carbonyl (C=O) groups is 1. The average molecular weight is 409 g/mol. The van der Waals surface area contributed by atoms with Crippen LogP contribution >= 0.6 is 34.9 Å². The van der Waals surface area contributed by atoms with Crippen molar-refractivity contribution in [3.05, 3.63) is 27.4 Å². The molecule has 3 rings (SSSR count). The van der Waals surface area contributed by atoms with E-state index in [-0.39, 0.29) is 5.91 Å². The fourth-order valence-corrected chi connectivity index (χ4v) is 5.15. The third-order valence-electron chi connectivity index (χ3n) is 5.08. The van der Waals surface area contributed by atoms with Gasteiger partial charge in [-0.25, -0.2) is 4.98 Å². The molecule has 0 unspecified atom stereocenters. The van der Waals surface area contributed by atoms with Crippen LogP contribution in [0.15, 0.2) is 16.8 Å². The van der Waals surface area contributed by atoms with Crippen molar-refractivity contribution in [2.75, 3.05) is 0 Å². The van der Waals surface area contributed by atoms with E-state index in [9.17, 15) is 4.79 Å². The summed E-state index contributed by atoms with van der Waals surface area (Å²) in [5.41, 5.74) is 7.31. The molecule has 1 saturated carbocycles. The Morgan fingerprint density at radius 1 is 1.31 bits per heavy atom. The van der Waals surface area contributed by atoms with E-state index >= 15 is 0 Å². The number of amides is 1. The fraction of sp³-hybridized carbons (Fsp3) is 0.500. The Bertz CT molecular complexity index is 772. The minimum atomic E-state index is -0.212. The Labute approximate surface area is 167 Å². The first-order valence-corrected chi connectivity index (χ1v) is 11.0. The second-order valence-corrected chi connectivity index (χ2v) is 9.06. The highest BCUT2D eigenvalue weighted by atomic mass is 32.1. The first-order valence-electron chi connectivity index (χ1n) is 8.82. The molecule has 5 nitrogen and oxygen atoms in total. The molecule has 1 amide bonds. The van der Waals surface area contributed by atoms with Crippen molar-refractivity contribution in [1.82, 2.24) is 21.2 Å². The highest BCUT2D eigenvalue weighted by molar-refractivity contribution is 7.80. The molecule has 0 bridgehead atoms. The molecule has 3 N–H and O–H groups in total. The number of thiophene rings is 1. The van der Waals surface area contributed by atoms with Crippen molar-refractivity contribution in [2.45, 2.75) is 46.1 Å². The number of carbonyl (C=O) groups excluding carboxylic acids is 1. The number of rotatable bonds is 3. The van der Waals surface area contributed by atoms with Gasteiger partial charge < -0.3 is 5.32 Å². The zero-order chi connectivity index (χ0) is 18.7. The van der Waals surface area contributed by atoms with Crippen molar-refractivity contribution in [1.29, 1.82) is 0 Å². The van der Waals surface area contributed by atoms with Crippen LogP contribution in [-0.4, -0.2) is 22.0 Å². The van der Waals surface area contributed by atoms with E-state index in [0.29, 0.717) is 27.9 Å². The summed E-state index contributed by atoms with van der Waals surface area (Å²) >= 11 is 8.36. The molecule has 0 aromatic carbocycles. The van der Waals surface area contributed by atoms with Crippen LogP contribution in [0.2, 0.25) is 0 Å². The number of aryl methyl sites for hydroxylation is 1. The molecular formula is C18H24N4OS3. The molecule has 0 saturated heterocycles. The van der Waals surface area contributed by atoms with E-state index < -0.39 is 0 Å². The summed E-state index contributed by atoms with van der Waals surface area (Å²) in [4.78, 5) is 17.6. The summed E-state index contributed by atoms with van der Waals surface area (Å²) in [5, 5.41) is 8.70. The van der Waals surface area contributed by atoms with Crippen LogP contribution in [0.5, 0.6) is 0 Å². The van der Waals surface area contributed by atoms with Gasteiger partial charge in [0.2, 0.25) is 0 Å². The largest absolute Gasteiger partial charge is 0.358 e. The molecule has 2 aromatic rings. The Hall–Kier alpha value is -1.51. The number of nitrogens with zero attached hydrogens (tertiary/aromatic N) is 1. The van der Waals surface area contributed by atoms with Gasteiger partial charge in [-0.05, 0) is 48.8 Å². The summed E-state index contributed by atoms with van der Waals surface area (Å²) in [6, 6.07) is 2.36. The number of thiazole rings is 1. The van der Waals surface area contributed by atoms with Crippen molar-refractivity contribution in [3.8, 4) is 10.6 Å². The molecule has 0 aliphatic heterocycles. The average Bonchev–Trinajstić information content (AvgIpc) is 3.26. The smallest absolute Gasteiger partial charge is 0.281 e. The number of aromatic nitrogens is 1. The molecule has 2 heterocycles. The van der Waals surface area contributed by atoms with E-state index in [4.69, 9.17) is 12.2 Å². The maximum atomic E-state index is 12.5. The quantitative estimate of drug-likeness (QED) is 0.527. The van der Waals surface area contributed by atoms with Gasteiger partial charge in [0.25, 0.3) is 5.91 Å². The Morgan fingerprint density at radius 2 is 2.12 bits per heavy atom. The minimum absolute atomic E-state index is 0.212. The fourth-order valence-electron chi connectivity index (χ4n) is 3.28. The molecule has 140 valence electrons. The lowest BCUT2D eigenvalue weighted by Crippen LogP contribution is -2.52. The molecule has 3 atom stereocenters. The van der Waals surface area contributed by atoms with E-state index in [0.717, 1.165) is 22.7 Å². The Kier molecular flexibility index (Phi) is 6.26. The monoisotopic (exact) mass is 408 g/mol. The number of nitrogens with one attached hydrogen (secondary N) is 3. The Balaban J connectivity index is 1.55. The van der Waals surface area contributed by atoms with Gasteiger partial charge in [0.1, 0.15) is 9.88 Å². The molecule has 1 aliphatic rings. The van der Waals surface area contributed by atoms with Crippen LogP contribution in [0.25, 0.3) is 10.6 Å². The van der Waals surface area contributed by atoms with Crippen molar-refractivity contribution in [2.24, 2.45) is 11.8 Å². The zero-order valence-electron chi connectivity index (χ0n) is 15.2. The summed E-state index contributed by atoms with van der Waals surface area (Å²) in [7, 11) is 0. The van der Waals surface area contributed by atoms with Crippen LogP contribution in [-0.2, 0) is 0 Å². The number of hydrogen-bond donors (Lipinski definition) is 3. The number of hydrogen-bond acceptors (Lipinski definition) is 5. The topological polar surface area (TPSA) is 66.0 Å². The standard InChI is InChI=1S/C18H24N4OS3/c1-10-5-4-6-14(11(10)2)20-18(24)22-21-16(23)15-12(3)19-17(26-15)13-7-8-25-9-13/h7-11,14H,4-6H2,1-3H3,(H,21,23)(H2,20,22,24)/t10-,11-,14+/m0/s1. The lowest BCUT2D eigenvalue weighted by atomic mass is 9.78. The summed E-state index contributed by atoms with van der Waals surface area (Å²) in [6.45, 7) is 6.40. The zero-order valence-corrected chi connectivity index (χ0v) is 17.6. The van der Waals surface area contributed by atoms with E-state index in [1.807, 2.05) is 23.8 Å².